The van der Waals surface area contributed by atoms with Crippen molar-refractivity contribution in [3.63, 3.8) is 0 Å². The number of hydrogen-bond donors (Lipinski definition) is 2. The Hall–Kier alpha value is -0.940. The van der Waals surface area contributed by atoms with Crippen LogP contribution in [0.1, 0.15) is 32.4 Å². The third kappa shape index (κ3) is 4.78. The van der Waals surface area contributed by atoms with Gasteiger partial charge in [0, 0.05) is 25.7 Å². The second kappa shape index (κ2) is 8.63. The zero-order chi connectivity index (χ0) is 15.9. The summed E-state index contributed by atoms with van der Waals surface area (Å²) in [6, 6.07) is 11.2. The highest BCUT2D eigenvalue weighted by molar-refractivity contribution is 5.21. The van der Waals surface area contributed by atoms with Gasteiger partial charge in [0.25, 0.3) is 0 Å². The van der Waals surface area contributed by atoms with Crippen molar-refractivity contribution in [1.29, 1.82) is 0 Å². The van der Waals surface area contributed by atoms with Crippen molar-refractivity contribution in [3.05, 3.63) is 35.9 Å². The van der Waals surface area contributed by atoms with E-state index in [1.807, 2.05) is 13.8 Å². The SMILES string of the molecule is CC(C)C(O)CNC(C)C(c1ccccc1)N1CCOCC1. The van der Waals surface area contributed by atoms with Crippen LogP contribution in [-0.4, -0.2) is 55.0 Å². The van der Waals surface area contributed by atoms with Crippen molar-refractivity contribution >= 4 is 0 Å². The van der Waals surface area contributed by atoms with Gasteiger partial charge in [0.1, 0.15) is 0 Å². The van der Waals surface area contributed by atoms with Gasteiger partial charge >= 0.3 is 0 Å². The Morgan fingerprint density at radius 2 is 1.77 bits per heavy atom. The van der Waals surface area contributed by atoms with Gasteiger partial charge in [-0.05, 0) is 18.4 Å². The predicted octanol–water partition coefficient (Wildman–Crippen LogP) is 2.05. The van der Waals surface area contributed by atoms with E-state index in [2.05, 4.69) is 47.5 Å². The van der Waals surface area contributed by atoms with E-state index in [-0.39, 0.29) is 18.1 Å². The summed E-state index contributed by atoms with van der Waals surface area (Å²) in [7, 11) is 0. The van der Waals surface area contributed by atoms with Gasteiger partial charge in [-0.2, -0.15) is 0 Å². The minimum atomic E-state index is -0.302. The van der Waals surface area contributed by atoms with Crippen LogP contribution in [0.4, 0.5) is 0 Å². The summed E-state index contributed by atoms with van der Waals surface area (Å²) < 4.78 is 5.49. The van der Waals surface area contributed by atoms with Crippen molar-refractivity contribution in [3.8, 4) is 0 Å². The molecule has 1 aromatic rings. The standard InChI is InChI=1S/C18H30N2O2/c1-14(2)17(21)13-19-15(3)18(16-7-5-4-6-8-16)20-9-11-22-12-10-20/h4-8,14-15,17-19,21H,9-13H2,1-3H3. The van der Waals surface area contributed by atoms with E-state index >= 15 is 0 Å². The average Bonchev–Trinajstić information content (AvgIpc) is 2.54. The quantitative estimate of drug-likeness (QED) is 0.809. The second-order valence-corrected chi connectivity index (χ2v) is 6.51. The number of nitrogens with one attached hydrogen (secondary N) is 1. The van der Waals surface area contributed by atoms with Crippen LogP contribution in [0.15, 0.2) is 30.3 Å². The Labute approximate surface area is 134 Å². The lowest BCUT2D eigenvalue weighted by atomic mass is 9.97. The highest BCUT2D eigenvalue weighted by Gasteiger charge is 2.27. The Balaban J connectivity index is 2.06. The largest absolute Gasteiger partial charge is 0.392 e. The normalized spacial score (nSPS) is 20.8. The summed E-state index contributed by atoms with van der Waals surface area (Å²) in [5.41, 5.74) is 1.32. The number of benzene rings is 1. The van der Waals surface area contributed by atoms with Crippen LogP contribution in [0.2, 0.25) is 0 Å². The number of ether oxygens (including phenoxy) is 1. The fourth-order valence-electron chi connectivity index (χ4n) is 2.98. The minimum absolute atomic E-state index is 0.272. The maximum absolute atomic E-state index is 10.0. The molecular weight excluding hydrogens is 276 g/mol. The lowest BCUT2D eigenvalue weighted by Gasteiger charge is -2.39. The molecule has 1 aliphatic rings. The summed E-state index contributed by atoms with van der Waals surface area (Å²) in [5.74, 6) is 0.276. The minimum Gasteiger partial charge on any atom is -0.392 e. The summed E-state index contributed by atoms with van der Waals surface area (Å²) in [5, 5.41) is 13.6. The summed E-state index contributed by atoms with van der Waals surface area (Å²) in [6.07, 6.45) is -0.302. The molecule has 0 aliphatic carbocycles. The fourth-order valence-corrected chi connectivity index (χ4v) is 2.98. The van der Waals surface area contributed by atoms with Crippen LogP contribution in [0, 0.1) is 5.92 Å². The van der Waals surface area contributed by atoms with Gasteiger partial charge in [0.05, 0.1) is 25.4 Å². The molecule has 124 valence electrons. The van der Waals surface area contributed by atoms with E-state index in [1.165, 1.54) is 5.56 Å². The molecule has 1 heterocycles. The molecule has 2 rings (SSSR count). The summed E-state index contributed by atoms with van der Waals surface area (Å²) in [6.45, 7) is 10.4. The number of hydrogen-bond acceptors (Lipinski definition) is 4. The monoisotopic (exact) mass is 306 g/mol. The Bertz CT molecular complexity index is 418. The summed E-state index contributed by atoms with van der Waals surface area (Å²) in [4.78, 5) is 2.48. The molecule has 0 spiro atoms. The van der Waals surface area contributed by atoms with Gasteiger partial charge in [0.15, 0.2) is 0 Å². The van der Waals surface area contributed by atoms with E-state index < -0.39 is 0 Å². The van der Waals surface area contributed by atoms with E-state index in [9.17, 15) is 5.11 Å². The van der Waals surface area contributed by atoms with E-state index in [1.54, 1.807) is 0 Å². The van der Waals surface area contributed by atoms with Gasteiger partial charge in [-0.25, -0.2) is 0 Å². The molecule has 22 heavy (non-hydrogen) atoms. The van der Waals surface area contributed by atoms with Gasteiger partial charge < -0.3 is 15.2 Å². The van der Waals surface area contributed by atoms with Gasteiger partial charge in [-0.15, -0.1) is 0 Å². The first-order valence-corrected chi connectivity index (χ1v) is 8.37. The molecule has 3 unspecified atom stereocenters. The van der Waals surface area contributed by atoms with E-state index in [0.717, 1.165) is 26.3 Å². The molecule has 1 aliphatic heterocycles. The molecule has 0 saturated carbocycles. The van der Waals surface area contributed by atoms with E-state index in [0.29, 0.717) is 12.6 Å². The van der Waals surface area contributed by atoms with Crippen molar-refractivity contribution < 1.29 is 9.84 Å². The molecule has 1 aromatic carbocycles. The summed E-state index contributed by atoms with van der Waals surface area (Å²) >= 11 is 0. The zero-order valence-electron chi connectivity index (χ0n) is 14.0. The van der Waals surface area contributed by atoms with Crippen molar-refractivity contribution in [2.75, 3.05) is 32.8 Å². The van der Waals surface area contributed by atoms with Gasteiger partial charge in [-0.3, -0.25) is 4.90 Å². The molecule has 1 saturated heterocycles. The highest BCUT2D eigenvalue weighted by atomic mass is 16.5. The third-order valence-electron chi connectivity index (χ3n) is 4.47. The molecule has 2 N–H and O–H groups in total. The fraction of sp³-hybridized carbons (Fsp3) is 0.667. The van der Waals surface area contributed by atoms with Crippen molar-refractivity contribution in [2.45, 2.75) is 39.0 Å². The molecule has 3 atom stereocenters. The van der Waals surface area contributed by atoms with Crippen LogP contribution < -0.4 is 5.32 Å². The van der Waals surface area contributed by atoms with Crippen LogP contribution in [0.25, 0.3) is 0 Å². The Kier molecular flexibility index (Phi) is 6.83. The average molecular weight is 306 g/mol. The third-order valence-corrected chi connectivity index (χ3v) is 4.47. The molecule has 0 amide bonds. The number of rotatable bonds is 7. The molecule has 0 bridgehead atoms. The molecule has 0 aromatic heterocycles. The lowest BCUT2D eigenvalue weighted by Crippen LogP contribution is -2.48. The van der Waals surface area contributed by atoms with Gasteiger partial charge in [-0.1, -0.05) is 44.2 Å². The second-order valence-electron chi connectivity index (χ2n) is 6.51. The smallest absolute Gasteiger partial charge is 0.0687 e. The molecular formula is C18H30N2O2. The highest BCUT2D eigenvalue weighted by Crippen LogP contribution is 2.25. The molecule has 1 fully saturated rings. The Morgan fingerprint density at radius 3 is 2.36 bits per heavy atom. The van der Waals surface area contributed by atoms with Crippen LogP contribution in [0.5, 0.6) is 0 Å². The topological polar surface area (TPSA) is 44.7 Å². The van der Waals surface area contributed by atoms with Crippen LogP contribution in [0.3, 0.4) is 0 Å². The number of nitrogens with zero attached hydrogens (tertiary/aromatic N) is 1. The van der Waals surface area contributed by atoms with Crippen LogP contribution >= 0.6 is 0 Å². The predicted molar refractivity (Wildman–Crippen MR) is 89.9 cm³/mol. The first kappa shape index (κ1) is 17.4. The molecule has 0 radical (unpaired) electrons. The molecule has 4 nitrogen and oxygen atoms in total. The maximum atomic E-state index is 10.0. The zero-order valence-corrected chi connectivity index (χ0v) is 14.0. The number of morpholine rings is 1. The number of aliphatic hydroxyl groups is 1. The number of aliphatic hydroxyl groups excluding tert-OH is 1. The first-order chi connectivity index (χ1) is 10.6. The van der Waals surface area contributed by atoms with Crippen molar-refractivity contribution in [2.24, 2.45) is 5.92 Å². The molecule has 4 heteroatoms. The first-order valence-electron chi connectivity index (χ1n) is 8.37. The maximum Gasteiger partial charge on any atom is 0.0687 e. The van der Waals surface area contributed by atoms with E-state index in [4.69, 9.17) is 4.74 Å². The van der Waals surface area contributed by atoms with Crippen LogP contribution in [-0.2, 0) is 4.74 Å². The lowest BCUT2D eigenvalue weighted by molar-refractivity contribution is 0.00707. The Morgan fingerprint density at radius 1 is 1.14 bits per heavy atom. The van der Waals surface area contributed by atoms with Crippen molar-refractivity contribution in [1.82, 2.24) is 10.2 Å². The van der Waals surface area contributed by atoms with Gasteiger partial charge in [0.2, 0.25) is 0 Å².